The average molecular weight is 430 g/mol. The zero-order valence-corrected chi connectivity index (χ0v) is 17.1. The molecule has 154 valence electrons. The van der Waals surface area contributed by atoms with Crippen molar-refractivity contribution < 1.29 is 19.0 Å². The summed E-state index contributed by atoms with van der Waals surface area (Å²) in [4.78, 5) is 16.5. The minimum absolute atomic E-state index is 0. The third-order valence-electron chi connectivity index (χ3n) is 4.22. The fourth-order valence-electron chi connectivity index (χ4n) is 2.79. The first-order chi connectivity index (χ1) is 12.7. The van der Waals surface area contributed by atoms with Crippen molar-refractivity contribution in [3.8, 4) is 17.4 Å². The summed E-state index contributed by atoms with van der Waals surface area (Å²) in [5.41, 5.74) is 6.36. The number of benzene rings is 1. The molecular formula is C19H25Cl2N3O4. The van der Waals surface area contributed by atoms with Gasteiger partial charge in [-0.15, -0.1) is 24.8 Å². The van der Waals surface area contributed by atoms with Crippen molar-refractivity contribution in [1.82, 2.24) is 10.3 Å². The summed E-state index contributed by atoms with van der Waals surface area (Å²) in [5.74, 6) is 1.60. The number of hydrogen-bond donors (Lipinski definition) is 2. The number of halogens is 2. The lowest BCUT2D eigenvalue weighted by Crippen LogP contribution is -2.35. The zero-order valence-electron chi connectivity index (χ0n) is 15.5. The van der Waals surface area contributed by atoms with Crippen LogP contribution in [0.2, 0.25) is 0 Å². The number of nitrogens with two attached hydrogens (primary N) is 1. The Morgan fingerprint density at radius 2 is 2.04 bits per heavy atom. The molecular weight excluding hydrogens is 405 g/mol. The molecule has 9 heteroatoms. The van der Waals surface area contributed by atoms with Gasteiger partial charge in [-0.3, -0.25) is 4.79 Å². The Morgan fingerprint density at radius 3 is 2.75 bits per heavy atom. The van der Waals surface area contributed by atoms with E-state index in [4.69, 9.17) is 19.9 Å². The van der Waals surface area contributed by atoms with Gasteiger partial charge in [-0.2, -0.15) is 0 Å². The van der Waals surface area contributed by atoms with E-state index >= 15 is 0 Å². The van der Waals surface area contributed by atoms with Gasteiger partial charge in [0.15, 0.2) is 0 Å². The van der Waals surface area contributed by atoms with Crippen molar-refractivity contribution in [2.75, 3.05) is 13.7 Å². The molecule has 1 aromatic heterocycles. The standard InChI is InChI=1S/C19H23N3O4.2ClH/c1-24-14-5-2-6-15(10-14)26-19-13(4-3-9-21-19)12-22-18(23)17-8-7-16(11-20)25-17;;/h2-6,9-10,16-17H,7-8,11-12,20H2,1H3,(H,22,23);2*1H/t16-,17+;;/m1../s1. The topological polar surface area (TPSA) is 95.7 Å². The fraction of sp³-hybridized carbons (Fsp3) is 0.368. The van der Waals surface area contributed by atoms with Gasteiger partial charge in [0.05, 0.1) is 13.2 Å². The van der Waals surface area contributed by atoms with Gasteiger partial charge >= 0.3 is 0 Å². The number of nitrogens with one attached hydrogen (secondary N) is 1. The number of ether oxygens (including phenoxy) is 3. The molecule has 2 atom stereocenters. The highest BCUT2D eigenvalue weighted by Gasteiger charge is 2.29. The van der Waals surface area contributed by atoms with Crippen molar-refractivity contribution in [2.24, 2.45) is 5.73 Å². The largest absolute Gasteiger partial charge is 0.497 e. The van der Waals surface area contributed by atoms with E-state index in [0.29, 0.717) is 36.9 Å². The van der Waals surface area contributed by atoms with Crippen LogP contribution in [0.5, 0.6) is 17.4 Å². The molecule has 3 N–H and O–H groups in total. The quantitative estimate of drug-likeness (QED) is 0.702. The van der Waals surface area contributed by atoms with E-state index in [1.165, 1.54) is 0 Å². The molecule has 1 aliphatic rings. The summed E-state index contributed by atoms with van der Waals surface area (Å²) in [6, 6.07) is 10.9. The molecule has 3 rings (SSSR count). The lowest BCUT2D eigenvalue weighted by molar-refractivity contribution is -0.132. The first-order valence-electron chi connectivity index (χ1n) is 8.58. The molecule has 2 aromatic rings. The Kier molecular flexibility index (Phi) is 10.0. The number of hydrogen-bond acceptors (Lipinski definition) is 6. The number of methoxy groups -OCH3 is 1. The van der Waals surface area contributed by atoms with Crippen LogP contribution in [-0.2, 0) is 16.1 Å². The summed E-state index contributed by atoms with van der Waals surface area (Å²) in [5, 5.41) is 2.88. The predicted octanol–water partition coefficient (Wildman–Crippen LogP) is 2.85. The SMILES string of the molecule is COc1cccc(Oc2ncccc2CNC(=O)[C@@H]2CC[C@H](CN)O2)c1.Cl.Cl. The Balaban J connectivity index is 0.00000196. The first-order valence-corrected chi connectivity index (χ1v) is 8.58. The Morgan fingerprint density at radius 1 is 1.25 bits per heavy atom. The van der Waals surface area contributed by atoms with Crippen LogP contribution < -0.4 is 20.5 Å². The van der Waals surface area contributed by atoms with Crippen molar-refractivity contribution in [1.29, 1.82) is 0 Å². The predicted molar refractivity (Wildman–Crippen MR) is 111 cm³/mol. The summed E-state index contributed by atoms with van der Waals surface area (Å²) < 4.78 is 16.7. The van der Waals surface area contributed by atoms with Crippen LogP contribution in [0.1, 0.15) is 18.4 Å². The molecule has 1 aromatic carbocycles. The van der Waals surface area contributed by atoms with Crippen LogP contribution in [0, 0.1) is 0 Å². The van der Waals surface area contributed by atoms with Crippen LogP contribution in [0.15, 0.2) is 42.6 Å². The third-order valence-corrected chi connectivity index (χ3v) is 4.22. The molecule has 0 saturated carbocycles. The minimum Gasteiger partial charge on any atom is -0.497 e. The van der Waals surface area contributed by atoms with Crippen LogP contribution >= 0.6 is 24.8 Å². The number of carbonyl (C=O) groups is 1. The highest BCUT2D eigenvalue weighted by molar-refractivity contribution is 5.85. The maximum Gasteiger partial charge on any atom is 0.249 e. The normalized spacial score (nSPS) is 17.8. The lowest BCUT2D eigenvalue weighted by atomic mass is 10.2. The molecule has 1 saturated heterocycles. The molecule has 7 nitrogen and oxygen atoms in total. The summed E-state index contributed by atoms with van der Waals surface area (Å²) in [6.07, 6.45) is 2.67. The highest BCUT2D eigenvalue weighted by atomic mass is 35.5. The minimum atomic E-state index is -0.442. The number of aromatic nitrogens is 1. The van der Waals surface area contributed by atoms with Gasteiger partial charge in [-0.1, -0.05) is 12.1 Å². The highest BCUT2D eigenvalue weighted by Crippen LogP contribution is 2.26. The molecule has 1 fully saturated rings. The number of nitrogens with zero attached hydrogens (tertiary/aromatic N) is 1. The second kappa shape index (κ2) is 11.7. The molecule has 0 radical (unpaired) electrons. The van der Waals surface area contributed by atoms with E-state index in [1.54, 1.807) is 25.4 Å². The average Bonchev–Trinajstić information content (AvgIpc) is 3.16. The summed E-state index contributed by atoms with van der Waals surface area (Å²) in [7, 11) is 1.60. The van der Waals surface area contributed by atoms with Gasteiger partial charge in [0.1, 0.15) is 17.6 Å². The van der Waals surface area contributed by atoms with Gasteiger partial charge in [-0.25, -0.2) is 4.98 Å². The Labute approximate surface area is 176 Å². The zero-order chi connectivity index (χ0) is 18.4. The second-order valence-electron chi connectivity index (χ2n) is 6.03. The number of amides is 1. The number of carbonyl (C=O) groups excluding carboxylic acids is 1. The molecule has 2 heterocycles. The Hall–Kier alpha value is -2.06. The molecule has 1 aliphatic heterocycles. The maximum absolute atomic E-state index is 12.3. The third kappa shape index (κ3) is 6.24. The van der Waals surface area contributed by atoms with Gasteiger partial charge in [0.25, 0.3) is 0 Å². The van der Waals surface area contributed by atoms with E-state index in [9.17, 15) is 4.79 Å². The number of rotatable bonds is 7. The van der Waals surface area contributed by atoms with E-state index < -0.39 is 6.10 Å². The van der Waals surface area contributed by atoms with E-state index in [2.05, 4.69) is 10.3 Å². The fourth-order valence-corrected chi connectivity index (χ4v) is 2.79. The molecule has 28 heavy (non-hydrogen) atoms. The van der Waals surface area contributed by atoms with Gasteiger partial charge in [0.2, 0.25) is 11.8 Å². The number of pyridine rings is 1. The van der Waals surface area contributed by atoms with Crippen LogP contribution in [-0.4, -0.2) is 36.8 Å². The van der Waals surface area contributed by atoms with Crippen molar-refractivity contribution >= 4 is 30.7 Å². The molecule has 0 aliphatic carbocycles. The summed E-state index contributed by atoms with van der Waals surface area (Å²) >= 11 is 0. The molecule has 0 spiro atoms. The van der Waals surface area contributed by atoms with Gasteiger partial charge in [-0.05, 0) is 31.0 Å². The Bertz CT molecular complexity index is 763. The van der Waals surface area contributed by atoms with Crippen molar-refractivity contribution in [3.63, 3.8) is 0 Å². The van der Waals surface area contributed by atoms with Gasteiger partial charge < -0.3 is 25.3 Å². The van der Waals surface area contributed by atoms with Crippen LogP contribution in [0.4, 0.5) is 0 Å². The lowest BCUT2D eigenvalue weighted by Gasteiger charge is -2.14. The maximum atomic E-state index is 12.3. The van der Waals surface area contributed by atoms with Crippen LogP contribution in [0.25, 0.3) is 0 Å². The van der Waals surface area contributed by atoms with E-state index in [0.717, 1.165) is 12.0 Å². The van der Waals surface area contributed by atoms with Crippen LogP contribution in [0.3, 0.4) is 0 Å². The van der Waals surface area contributed by atoms with E-state index in [-0.39, 0.29) is 36.8 Å². The first kappa shape index (κ1) is 24.0. The molecule has 0 bridgehead atoms. The van der Waals surface area contributed by atoms with Crippen molar-refractivity contribution in [3.05, 3.63) is 48.2 Å². The smallest absolute Gasteiger partial charge is 0.249 e. The van der Waals surface area contributed by atoms with E-state index in [1.807, 2.05) is 24.3 Å². The monoisotopic (exact) mass is 429 g/mol. The second-order valence-corrected chi connectivity index (χ2v) is 6.03. The summed E-state index contributed by atoms with van der Waals surface area (Å²) in [6.45, 7) is 0.740. The molecule has 1 amide bonds. The molecule has 0 unspecified atom stereocenters. The van der Waals surface area contributed by atoms with Crippen molar-refractivity contribution in [2.45, 2.75) is 31.6 Å². The van der Waals surface area contributed by atoms with Gasteiger partial charge in [0, 0.05) is 30.9 Å².